The minimum Gasteiger partial charge on any atom is -0.347 e. The van der Waals surface area contributed by atoms with E-state index >= 15 is 0 Å². The lowest BCUT2D eigenvalue weighted by atomic mass is 10.0. The number of amides is 2. The number of carbonyl (C=O) groups is 2. The SMILES string of the molecule is CN(C)C(=O)CN(CC(F)(F)F)C(=O)C[C@@H]1C=CCC1. The van der Waals surface area contributed by atoms with Crippen LogP contribution in [0.4, 0.5) is 13.2 Å². The summed E-state index contributed by atoms with van der Waals surface area (Å²) in [6.07, 6.45) is 0.885. The number of allylic oxidation sites excluding steroid dienone is 2. The van der Waals surface area contributed by atoms with Crippen molar-refractivity contribution in [2.45, 2.75) is 25.4 Å². The van der Waals surface area contributed by atoms with Crippen molar-refractivity contribution in [3.05, 3.63) is 12.2 Å². The van der Waals surface area contributed by atoms with E-state index in [0.717, 1.165) is 12.8 Å². The largest absolute Gasteiger partial charge is 0.406 e. The first kappa shape index (κ1) is 16.5. The molecule has 0 fully saturated rings. The van der Waals surface area contributed by atoms with Gasteiger partial charge in [-0.15, -0.1) is 0 Å². The van der Waals surface area contributed by atoms with E-state index < -0.39 is 31.1 Å². The summed E-state index contributed by atoms with van der Waals surface area (Å²) in [4.78, 5) is 25.3. The molecule has 0 aliphatic heterocycles. The summed E-state index contributed by atoms with van der Waals surface area (Å²) in [7, 11) is 2.89. The van der Waals surface area contributed by atoms with Crippen LogP contribution in [-0.4, -0.2) is 55.0 Å². The topological polar surface area (TPSA) is 40.6 Å². The molecule has 0 unspecified atom stereocenters. The predicted octanol–water partition coefficient (Wildman–Crippen LogP) is 1.82. The molecular formula is C13H19F3N2O2. The lowest BCUT2D eigenvalue weighted by Gasteiger charge is -2.25. The maximum atomic E-state index is 12.5. The monoisotopic (exact) mass is 292 g/mol. The Morgan fingerprint density at radius 2 is 1.90 bits per heavy atom. The summed E-state index contributed by atoms with van der Waals surface area (Å²) >= 11 is 0. The van der Waals surface area contributed by atoms with E-state index in [2.05, 4.69) is 0 Å². The van der Waals surface area contributed by atoms with Crippen LogP contribution in [0.2, 0.25) is 0 Å². The number of hydrogen-bond donors (Lipinski definition) is 0. The van der Waals surface area contributed by atoms with Gasteiger partial charge in [-0.05, 0) is 18.8 Å². The second-order valence-electron chi connectivity index (χ2n) is 5.12. The quantitative estimate of drug-likeness (QED) is 0.725. The molecule has 2 amide bonds. The summed E-state index contributed by atoms with van der Waals surface area (Å²) in [5.41, 5.74) is 0. The molecule has 114 valence electrons. The smallest absolute Gasteiger partial charge is 0.347 e. The highest BCUT2D eigenvalue weighted by atomic mass is 19.4. The summed E-state index contributed by atoms with van der Waals surface area (Å²) in [5, 5.41) is 0. The number of hydrogen-bond acceptors (Lipinski definition) is 2. The molecular weight excluding hydrogens is 273 g/mol. The summed E-state index contributed by atoms with van der Waals surface area (Å²) < 4.78 is 37.5. The number of nitrogens with zero attached hydrogens (tertiary/aromatic N) is 2. The molecule has 1 aliphatic rings. The van der Waals surface area contributed by atoms with E-state index in [9.17, 15) is 22.8 Å². The van der Waals surface area contributed by atoms with Crippen LogP contribution in [0.1, 0.15) is 19.3 Å². The van der Waals surface area contributed by atoms with Gasteiger partial charge in [-0.2, -0.15) is 13.2 Å². The fraction of sp³-hybridized carbons (Fsp3) is 0.692. The van der Waals surface area contributed by atoms with Crippen molar-refractivity contribution in [3.63, 3.8) is 0 Å². The zero-order valence-electron chi connectivity index (χ0n) is 11.6. The second kappa shape index (κ2) is 6.76. The maximum absolute atomic E-state index is 12.5. The molecule has 0 N–H and O–H groups in total. The Hall–Kier alpha value is -1.53. The van der Waals surface area contributed by atoms with Crippen LogP contribution in [0.25, 0.3) is 0 Å². The lowest BCUT2D eigenvalue weighted by Crippen LogP contribution is -2.45. The highest BCUT2D eigenvalue weighted by molar-refractivity contribution is 5.84. The van der Waals surface area contributed by atoms with E-state index in [-0.39, 0.29) is 12.3 Å². The summed E-state index contributed by atoms with van der Waals surface area (Å²) in [5.74, 6) is -1.17. The van der Waals surface area contributed by atoms with Crippen molar-refractivity contribution in [2.24, 2.45) is 5.92 Å². The van der Waals surface area contributed by atoms with E-state index in [1.165, 1.54) is 19.0 Å². The fourth-order valence-electron chi connectivity index (χ4n) is 1.97. The Balaban J connectivity index is 2.67. The average molecular weight is 292 g/mol. The minimum absolute atomic E-state index is 0.0207. The van der Waals surface area contributed by atoms with Crippen molar-refractivity contribution in [1.82, 2.24) is 9.80 Å². The Morgan fingerprint density at radius 3 is 2.35 bits per heavy atom. The first-order valence-corrected chi connectivity index (χ1v) is 6.40. The van der Waals surface area contributed by atoms with Gasteiger partial charge in [-0.3, -0.25) is 9.59 Å². The molecule has 0 bridgehead atoms. The molecule has 1 aliphatic carbocycles. The van der Waals surface area contributed by atoms with E-state index in [1.807, 2.05) is 12.2 Å². The molecule has 20 heavy (non-hydrogen) atoms. The van der Waals surface area contributed by atoms with E-state index in [4.69, 9.17) is 0 Å². The zero-order valence-corrected chi connectivity index (χ0v) is 11.6. The van der Waals surface area contributed by atoms with Crippen LogP contribution >= 0.6 is 0 Å². The molecule has 1 atom stereocenters. The number of halogens is 3. The third kappa shape index (κ3) is 5.63. The van der Waals surface area contributed by atoms with Gasteiger partial charge >= 0.3 is 6.18 Å². The van der Waals surface area contributed by atoms with Gasteiger partial charge in [0.1, 0.15) is 13.1 Å². The number of rotatable bonds is 5. The average Bonchev–Trinajstić information content (AvgIpc) is 2.78. The highest BCUT2D eigenvalue weighted by Gasteiger charge is 2.34. The van der Waals surface area contributed by atoms with Crippen LogP contribution < -0.4 is 0 Å². The van der Waals surface area contributed by atoms with E-state index in [1.54, 1.807) is 0 Å². The molecule has 0 saturated carbocycles. The number of likely N-dealkylation sites (N-methyl/N-ethyl adjacent to an activating group) is 1. The highest BCUT2D eigenvalue weighted by Crippen LogP contribution is 2.23. The third-order valence-corrected chi connectivity index (χ3v) is 3.10. The standard InChI is InChI=1S/C13H19F3N2O2/c1-17(2)12(20)8-18(9-13(14,15)16)11(19)7-10-5-3-4-6-10/h3,5,10H,4,6-9H2,1-2H3/t10-/m1/s1. The third-order valence-electron chi connectivity index (χ3n) is 3.10. The minimum atomic E-state index is -4.51. The molecule has 0 aromatic heterocycles. The molecule has 7 heteroatoms. The van der Waals surface area contributed by atoms with Gasteiger partial charge in [0.25, 0.3) is 0 Å². The number of alkyl halides is 3. The van der Waals surface area contributed by atoms with Crippen molar-refractivity contribution < 1.29 is 22.8 Å². The molecule has 0 aromatic rings. The lowest BCUT2D eigenvalue weighted by molar-refractivity contribution is -0.164. The Morgan fingerprint density at radius 1 is 1.25 bits per heavy atom. The van der Waals surface area contributed by atoms with Gasteiger partial charge in [0.2, 0.25) is 11.8 Å². The molecule has 0 spiro atoms. The first-order valence-electron chi connectivity index (χ1n) is 6.40. The molecule has 0 radical (unpaired) electrons. The predicted molar refractivity (Wildman–Crippen MR) is 67.8 cm³/mol. The van der Waals surface area contributed by atoms with Crippen LogP contribution in [-0.2, 0) is 9.59 Å². The Labute approximate surface area is 116 Å². The fourth-order valence-corrected chi connectivity index (χ4v) is 1.97. The van der Waals surface area contributed by atoms with Crippen molar-refractivity contribution >= 4 is 11.8 Å². The molecule has 0 heterocycles. The van der Waals surface area contributed by atoms with Crippen molar-refractivity contribution in [2.75, 3.05) is 27.2 Å². The van der Waals surface area contributed by atoms with Gasteiger partial charge in [0, 0.05) is 20.5 Å². The molecule has 0 saturated heterocycles. The first-order chi connectivity index (χ1) is 9.19. The molecule has 1 rings (SSSR count). The van der Waals surface area contributed by atoms with Gasteiger partial charge in [-0.25, -0.2) is 0 Å². The molecule has 4 nitrogen and oxygen atoms in total. The van der Waals surface area contributed by atoms with Gasteiger partial charge in [-0.1, -0.05) is 12.2 Å². The maximum Gasteiger partial charge on any atom is 0.406 e. The zero-order chi connectivity index (χ0) is 15.3. The summed E-state index contributed by atoms with van der Waals surface area (Å²) in [6, 6.07) is 0. The van der Waals surface area contributed by atoms with E-state index in [0.29, 0.717) is 4.90 Å². The van der Waals surface area contributed by atoms with Crippen LogP contribution in [0.3, 0.4) is 0 Å². The van der Waals surface area contributed by atoms with Crippen LogP contribution in [0.5, 0.6) is 0 Å². The Bertz CT molecular complexity index is 392. The molecule has 0 aromatic carbocycles. The normalized spacial score (nSPS) is 18.1. The van der Waals surface area contributed by atoms with Crippen molar-refractivity contribution in [3.8, 4) is 0 Å². The van der Waals surface area contributed by atoms with Gasteiger partial charge < -0.3 is 9.80 Å². The van der Waals surface area contributed by atoms with Gasteiger partial charge in [0.05, 0.1) is 0 Å². The van der Waals surface area contributed by atoms with Gasteiger partial charge in [0.15, 0.2) is 0 Å². The Kier molecular flexibility index (Phi) is 5.59. The van der Waals surface area contributed by atoms with Crippen LogP contribution in [0.15, 0.2) is 12.2 Å². The number of carbonyl (C=O) groups excluding carboxylic acids is 2. The van der Waals surface area contributed by atoms with Crippen LogP contribution in [0, 0.1) is 5.92 Å². The summed E-state index contributed by atoms with van der Waals surface area (Å²) in [6.45, 7) is -1.93. The van der Waals surface area contributed by atoms with Crippen molar-refractivity contribution in [1.29, 1.82) is 0 Å². The second-order valence-corrected chi connectivity index (χ2v) is 5.12.